The maximum atomic E-state index is 12.1. The lowest BCUT2D eigenvalue weighted by Gasteiger charge is -2.29. The first-order chi connectivity index (χ1) is 11.1. The Bertz CT molecular complexity index is 747. The summed E-state index contributed by atoms with van der Waals surface area (Å²) < 4.78 is 0. The first kappa shape index (κ1) is 14.4. The fraction of sp³-hybridized carbons (Fsp3) is 0.529. The number of hydrogen-bond acceptors (Lipinski definition) is 4. The Labute approximate surface area is 135 Å². The second kappa shape index (κ2) is 5.44. The van der Waals surface area contributed by atoms with Gasteiger partial charge in [-0.25, -0.2) is 9.97 Å². The molecule has 2 aromatic rings. The molecule has 0 bridgehead atoms. The van der Waals surface area contributed by atoms with E-state index in [2.05, 4.69) is 34.3 Å². The van der Waals surface area contributed by atoms with Crippen molar-refractivity contribution in [3.8, 4) is 0 Å². The van der Waals surface area contributed by atoms with Gasteiger partial charge in [-0.3, -0.25) is 9.89 Å². The lowest BCUT2D eigenvalue weighted by molar-refractivity contribution is -0.116. The van der Waals surface area contributed by atoms with Crippen LogP contribution in [0.2, 0.25) is 0 Å². The number of H-pyrrole nitrogens is 1. The van der Waals surface area contributed by atoms with Crippen LogP contribution in [-0.4, -0.2) is 26.1 Å². The maximum absolute atomic E-state index is 12.1. The Morgan fingerprint density at radius 3 is 2.83 bits per heavy atom. The number of carbonyl (C=O) groups excluding carboxylic acids is 1. The number of aromatic amines is 1. The van der Waals surface area contributed by atoms with Crippen LogP contribution in [-0.2, 0) is 4.79 Å². The molecule has 6 heteroatoms. The molecule has 1 aliphatic heterocycles. The monoisotopic (exact) mass is 311 g/mol. The van der Waals surface area contributed by atoms with Gasteiger partial charge in [0.1, 0.15) is 5.82 Å². The van der Waals surface area contributed by atoms with Crippen LogP contribution in [0.5, 0.6) is 0 Å². The molecule has 3 heterocycles. The summed E-state index contributed by atoms with van der Waals surface area (Å²) in [5.41, 5.74) is 3.23. The summed E-state index contributed by atoms with van der Waals surface area (Å²) in [5.74, 6) is 2.27. The number of carbonyl (C=O) groups is 1. The highest BCUT2D eigenvalue weighted by atomic mass is 16.1. The Morgan fingerprint density at radius 2 is 2.13 bits per heavy atom. The summed E-state index contributed by atoms with van der Waals surface area (Å²) in [6.45, 7) is 4.16. The third-order valence-corrected chi connectivity index (χ3v) is 4.91. The molecular weight excluding hydrogens is 290 g/mol. The van der Waals surface area contributed by atoms with E-state index >= 15 is 0 Å². The Hall–Kier alpha value is -2.24. The maximum Gasteiger partial charge on any atom is 0.226 e. The number of aromatic nitrogens is 4. The molecule has 0 saturated heterocycles. The molecule has 2 aromatic heterocycles. The number of nitrogens with zero attached hydrogens (tertiary/aromatic N) is 3. The summed E-state index contributed by atoms with van der Waals surface area (Å²) in [6, 6.07) is 1.93. The number of hydrogen-bond donors (Lipinski definition) is 2. The van der Waals surface area contributed by atoms with Crippen molar-refractivity contribution >= 4 is 11.7 Å². The van der Waals surface area contributed by atoms with Gasteiger partial charge < -0.3 is 5.32 Å². The first-order valence-electron chi connectivity index (χ1n) is 8.34. The number of fused-ring (bicyclic) bond motifs is 1. The molecule has 1 atom stereocenters. The van der Waals surface area contributed by atoms with Gasteiger partial charge in [-0.05, 0) is 18.9 Å². The van der Waals surface area contributed by atoms with Crippen LogP contribution in [0, 0.1) is 0 Å². The van der Waals surface area contributed by atoms with E-state index in [0.717, 1.165) is 17.1 Å². The Morgan fingerprint density at radius 1 is 1.30 bits per heavy atom. The number of nitrogens with one attached hydrogen (secondary N) is 2. The molecule has 2 aliphatic rings. The molecule has 4 rings (SSSR count). The van der Waals surface area contributed by atoms with Gasteiger partial charge in [-0.2, -0.15) is 5.10 Å². The quantitative estimate of drug-likeness (QED) is 0.912. The zero-order valence-electron chi connectivity index (χ0n) is 13.5. The van der Waals surface area contributed by atoms with Crippen LogP contribution < -0.4 is 5.32 Å². The molecule has 23 heavy (non-hydrogen) atoms. The summed E-state index contributed by atoms with van der Waals surface area (Å²) in [7, 11) is 0. The highest BCUT2D eigenvalue weighted by Crippen LogP contribution is 2.45. The van der Waals surface area contributed by atoms with Gasteiger partial charge in [0, 0.05) is 41.6 Å². The van der Waals surface area contributed by atoms with E-state index in [0.29, 0.717) is 18.2 Å². The molecule has 6 nitrogen and oxygen atoms in total. The van der Waals surface area contributed by atoms with Gasteiger partial charge in [0.15, 0.2) is 5.82 Å². The molecule has 1 aliphatic carbocycles. The van der Waals surface area contributed by atoms with Crippen molar-refractivity contribution in [1.29, 1.82) is 0 Å². The second-order valence-corrected chi connectivity index (χ2v) is 6.83. The predicted molar refractivity (Wildman–Crippen MR) is 86.4 cm³/mol. The van der Waals surface area contributed by atoms with Gasteiger partial charge in [0.05, 0.1) is 5.69 Å². The van der Waals surface area contributed by atoms with Gasteiger partial charge in [0.25, 0.3) is 0 Å². The van der Waals surface area contributed by atoms with Crippen molar-refractivity contribution < 1.29 is 4.79 Å². The number of rotatable bonds is 3. The third kappa shape index (κ3) is 2.42. The summed E-state index contributed by atoms with van der Waals surface area (Å²) in [6.07, 6.45) is 5.86. The Balaban J connectivity index is 1.79. The fourth-order valence-electron chi connectivity index (χ4n) is 3.40. The van der Waals surface area contributed by atoms with Crippen LogP contribution >= 0.6 is 0 Å². The van der Waals surface area contributed by atoms with Crippen LogP contribution in [0.4, 0.5) is 5.82 Å². The van der Waals surface area contributed by atoms with Gasteiger partial charge in [-0.15, -0.1) is 0 Å². The topological polar surface area (TPSA) is 83.6 Å². The normalized spacial score (nSPS) is 21.0. The minimum atomic E-state index is -0.0337. The molecule has 120 valence electrons. The zero-order valence-corrected chi connectivity index (χ0v) is 13.5. The van der Waals surface area contributed by atoms with E-state index in [4.69, 9.17) is 4.98 Å². The zero-order chi connectivity index (χ0) is 16.0. The van der Waals surface area contributed by atoms with E-state index in [1.165, 1.54) is 25.0 Å². The highest BCUT2D eigenvalue weighted by molar-refractivity contribution is 5.94. The van der Waals surface area contributed by atoms with E-state index < -0.39 is 0 Å². The van der Waals surface area contributed by atoms with Crippen LogP contribution in [0.1, 0.15) is 80.1 Å². The summed E-state index contributed by atoms with van der Waals surface area (Å²) >= 11 is 0. The highest BCUT2D eigenvalue weighted by Gasteiger charge is 2.36. The van der Waals surface area contributed by atoms with Crippen molar-refractivity contribution in [3.63, 3.8) is 0 Å². The number of amides is 1. The van der Waals surface area contributed by atoms with Crippen LogP contribution in [0.3, 0.4) is 0 Å². The largest absolute Gasteiger partial charge is 0.309 e. The average Bonchev–Trinajstić information content (AvgIpc) is 2.88. The molecule has 0 unspecified atom stereocenters. The second-order valence-electron chi connectivity index (χ2n) is 6.83. The number of anilines is 1. The van der Waals surface area contributed by atoms with Crippen molar-refractivity contribution in [2.75, 3.05) is 5.32 Å². The van der Waals surface area contributed by atoms with Gasteiger partial charge >= 0.3 is 0 Å². The van der Waals surface area contributed by atoms with Gasteiger partial charge in [-0.1, -0.05) is 20.3 Å². The summed E-state index contributed by atoms with van der Waals surface area (Å²) in [5, 5.41) is 10.4. The Kier molecular flexibility index (Phi) is 3.39. The lowest BCUT2D eigenvalue weighted by Crippen LogP contribution is -2.25. The third-order valence-electron chi connectivity index (χ3n) is 4.91. The molecule has 0 spiro atoms. The molecular formula is C17H21N5O. The minimum Gasteiger partial charge on any atom is -0.309 e. The molecule has 1 fully saturated rings. The smallest absolute Gasteiger partial charge is 0.226 e. The molecule has 1 saturated carbocycles. The van der Waals surface area contributed by atoms with Crippen molar-refractivity contribution in [3.05, 3.63) is 35.0 Å². The van der Waals surface area contributed by atoms with Crippen molar-refractivity contribution in [1.82, 2.24) is 20.2 Å². The standard InChI is InChI=1S/C17H21N5O/c1-9(2)16-18-7-6-12(19-16)11-8-13(23)20-17-14(11)15(21-22-17)10-4-3-5-10/h6-7,9-11H,3-5,8H2,1-2H3,(H2,20,21,22,23)/t11-/m1/s1. The van der Waals surface area contributed by atoms with Gasteiger partial charge in [0.2, 0.25) is 5.91 Å². The molecule has 1 amide bonds. The SMILES string of the molecule is CC(C)c1nccc([C@H]2CC(=O)Nc3n[nH]c(C4CCC4)c32)n1. The van der Waals surface area contributed by atoms with E-state index in [1.807, 2.05) is 6.07 Å². The van der Waals surface area contributed by atoms with Crippen molar-refractivity contribution in [2.45, 2.75) is 57.3 Å². The predicted octanol–water partition coefficient (Wildman–Crippen LogP) is 3.06. The first-order valence-corrected chi connectivity index (χ1v) is 8.34. The van der Waals surface area contributed by atoms with Crippen LogP contribution in [0.15, 0.2) is 12.3 Å². The lowest BCUT2D eigenvalue weighted by atomic mass is 9.77. The van der Waals surface area contributed by atoms with Crippen LogP contribution in [0.25, 0.3) is 0 Å². The molecule has 2 N–H and O–H groups in total. The molecule has 0 aromatic carbocycles. The van der Waals surface area contributed by atoms with E-state index in [-0.39, 0.29) is 17.7 Å². The minimum absolute atomic E-state index is 0.00105. The average molecular weight is 311 g/mol. The molecule has 0 radical (unpaired) electrons. The van der Waals surface area contributed by atoms with Crippen molar-refractivity contribution in [2.24, 2.45) is 0 Å². The van der Waals surface area contributed by atoms with E-state index in [9.17, 15) is 4.79 Å². The fourth-order valence-corrected chi connectivity index (χ4v) is 3.40. The summed E-state index contributed by atoms with van der Waals surface area (Å²) in [4.78, 5) is 21.1. The van der Waals surface area contributed by atoms with E-state index in [1.54, 1.807) is 6.20 Å².